The van der Waals surface area contributed by atoms with Crippen LogP contribution in [0.2, 0.25) is 5.02 Å². The van der Waals surface area contributed by atoms with Crippen LogP contribution in [0, 0.1) is 16.7 Å². The number of nitrogens with zero attached hydrogens (tertiary/aromatic N) is 4. The van der Waals surface area contributed by atoms with Gasteiger partial charge in [-0.05, 0) is 30.5 Å². The highest BCUT2D eigenvalue weighted by molar-refractivity contribution is 6.30. The summed E-state index contributed by atoms with van der Waals surface area (Å²) in [5.74, 6) is -0.120. The van der Waals surface area contributed by atoms with E-state index in [4.69, 9.17) is 11.6 Å². The molecular weight excluding hydrogens is 312 g/mol. The summed E-state index contributed by atoms with van der Waals surface area (Å²) in [4.78, 5) is 17.0. The van der Waals surface area contributed by atoms with Crippen LogP contribution in [0.5, 0.6) is 0 Å². The van der Waals surface area contributed by atoms with Crippen molar-refractivity contribution in [2.75, 3.05) is 0 Å². The molecule has 0 aliphatic heterocycles. The van der Waals surface area contributed by atoms with Crippen LogP contribution in [-0.4, -0.2) is 20.5 Å². The van der Waals surface area contributed by atoms with E-state index in [1.807, 2.05) is 26.0 Å². The van der Waals surface area contributed by atoms with Crippen molar-refractivity contribution in [2.45, 2.75) is 39.2 Å². The second-order valence-electron chi connectivity index (χ2n) is 5.49. The van der Waals surface area contributed by atoms with Gasteiger partial charge in [0.25, 0.3) is 0 Å². The SMILES string of the molecule is CCC(C#N)(CC)C(=O)C(Cc1ccc(Cl)cc1)n1cncn1. The molecule has 1 aromatic carbocycles. The molecule has 0 N–H and O–H groups in total. The fraction of sp³-hybridized carbons (Fsp3) is 0.412. The minimum Gasteiger partial charge on any atom is -0.295 e. The average molecular weight is 331 g/mol. The predicted molar refractivity (Wildman–Crippen MR) is 87.9 cm³/mol. The first kappa shape index (κ1) is 17.2. The van der Waals surface area contributed by atoms with E-state index in [9.17, 15) is 10.1 Å². The molecule has 23 heavy (non-hydrogen) atoms. The molecule has 0 aliphatic rings. The molecule has 0 aliphatic carbocycles. The zero-order valence-corrected chi connectivity index (χ0v) is 14.0. The van der Waals surface area contributed by atoms with Gasteiger partial charge in [-0.15, -0.1) is 0 Å². The molecule has 0 amide bonds. The molecule has 5 nitrogen and oxygen atoms in total. The van der Waals surface area contributed by atoms with Gasteiger partial charge in [-0.2, -0.15) is 10.4 Å². The number of rotatable bonds is 7. The molecule has 2 aromatic rings. The van der Waals surface area contributed by atoms with Crippen molar-refractivity contribution in [3.05, 3.63) is 47.5 Å². The number of carbonyl (C=O) groups excluding carboxylic acids is 1. The van der Waals surface area contributed by atoms with E-state index in [2.05, 4.69) is 16.2 Å². The highest BCUT2D eigenvalue weighted by Crippen LogP contribution is 2.33. The summed E-state index contributed by atoms with van der Waals surface area (Å²) < 4.78 is 1.54. The topological polar surface area (TPSA) is 71.6 Å². The Labute approximate surface area is 140 Å². The zero-order chi connectivity index (χ0) is 16.9. The lowest BCUT2D eigenvalue weighted by molar-refractivity contribution is -0.130. The normalized spacial score (nSPS) is 12.6. The zero-order valence-electron chi connectivity index (χ0n) is 13.2. The summed E-state index contributed by atoms with van der Waals surface area (Å²) in [6.45, 7) is 3.73. The van der Waals surface area contributed by atoms with Crippen molar-refractivity contribution in [1.82, 2.24) is 14.8 Å². The van der Waals surface area contributed by atoms with Crippen molar-refractivity contribution < 1.29 is 4.79 Å². The van der Waals surface area contributed by atoms with Crippen LogP contribution in [-0.2, 0) is 11.2 Å². The number of hydrogen-bond donors (Lipinski definition) is 0. The second-order valence-corrected chi connectivity index (χ2v) is 5.92. The van der Waals surface area contributed by atoms with E-state index < -0.39 is 11.5 Å². The summed E-state index contributed by atoms with van der Waals surface area (Å²) >= 11 is 5.91. The predicted octanol–water partition coefficient (Wildman–Crippen LogP) is 3.61. The van der Waals surface area contributed by atoms with Crippen LogP contribution < -0.4 is 0 Å². The van der Waals surface area contributed by atoms with Gasteiger partial charge in [-0.1, -0.05) is 37.6 Å². The number of ketones is 1. The lowest BCUT2D eigenvalue weighted by Crippen LogP contribution is -2.36. The Morgan fingerprint density at radius 1 is 1.35 bits per heavy atom. The van der Waals surface area contributed by atoms with E-state index in [1.54, 1.807) is 12.1 Å². The van der Waals surface area contributed by atoms with Gasteiger partial charge in [0, 0.05) is 11.4 Å². The van der Waals surface area contributed by atoms with Crippen LogP contribution in [0.4, 0.5) is 0 Å². The molecule has 0 saturated heterocycles. The summed E-state index contributed by atoms with van der Waals surface area (Å²) in [5.41, 5.74) is -0.0365. The number of carbonyl (C=O) groups is 1. The Kier molecular flexibility index (Phi) is 5.51. The minimum absolute atomic E-state index is 0.120. The molecule has 1 aromatic heterocycles. The number of hydrogen-bond acceptors (Lipinski definition) is 4. The first-order valence-electron chi connectivity index (χ1n) is 7.60. The molecular formula is C17H19ClN4O. The molecule has 0 spiro atoms. The summed E-state index contributed by atoms with van der Waals surface area (Å²) in [7, 11) is 0. The van der Waals surface area contributed by atoms with Crippen molar-refractivity contribution in [1.29, 1.82) is 5.26 Å². The van der Waals surface area contributed by atoms with Gasteiger partial charge < -0.3 is 0 Å². The molecule has 0 radical (unpaired) electrons. The molecule has 120 valence electrons. The van der Waals surface area contributed by atoms with Gasteiger partial charge in [0.1, 0.15) is 24.1 Å². The van der Waals surface area contributed by atoms with Gasteiger partial charge in [0.2, 0.25) is 0 Å². The molecule has 1 unspecified atom stereocenters. The van der Waals surface area contributed by atoms with Crippen LogP contribution in [0.15, 0.2) is 36.9 Å². The Bertz CT molecular complexity index is 684. The molecule has 1 atom stereocenters. The smallest absolute Gasteiger partial charge is 0.177 e. The van der Waals surface area contributed by atoms with Crippen LogP contribution in [0.1, 0.15) is 38.3 Å². The lowest BCUT2D eigenvalue weighted by Gasteiger charge is -2.27. The maximum absolute atomic E-state index is 13.1. The van der Waals surface area contributed by atoms with Gasteiger partial charge in [-0.25, -0.2) is 9.67 Å². The third-order valence-corrected chi connectivity index (χ3v) is 4.55. The van der Waals surface area contributed by atoms with Crippen molar-refractivity contribution in [3.63, 3.8) is 0 Å². The van der Waals surface area contributed by atoms with E-state index in [0.29, 0.717) is 24.3 Å². The number of halogens is 1. The van der Waals surface area contributed by atoms with Gasteiger partial charge in [-0.3, -0.25) is 4.79 Å². The van der Waals surface area contributed by atoms with E-state index >= 15 is 0 Å². The quantitative estimate of drug-likeness (QED) is 0.777. The Morgan fingerprint density at radius 3 is 2.48 bits per heavy atom. The molecule has 0 bridgehead atoms. The minimum atomic E-state index is -0.997. The Morgan fingerprint density at radius 2 is 2.00 bits per heavy atom. The monoisotopic (exact) mass is 330 g/mol. The number of aromatic nitrogens is 3. The lowest BCUT2D eigenvalue weighted by atomic mass is 9.76. The Balaban J connectivity index is 2.37. The first-order chi connectivity index (χ1) is 11.1. The van der Waals surface area contributed by atoms with E-state index in [0.717, 1.165) is 5.56 Å². The fourth-order valence-electron chi connectivity index (χ4n) is 2.66. The summed E-state index contributed by atoms with van der Waals surface area (Å²) in [6, 6.07) is 9.00. The third kappa shape index (κ3) is 3.59. The van der Waals surface area contributed by atoms with Gasteiger partial charge in [0.15, 0.2) is 5.78 Å². The largest absolute Gasteiger partial charge is 0.295 e. The standard InChI is InChI=1S/C17H19ClN4O/c1-3-17(4-2,10-19)16(23)15(22-12-20-11-21-22)9-13-5-7-14(18)8-6-13/h5-8,11-12,15H,3-4,9H2,1-2H3. The van der Waals surface area contributed by atoms with Crippen LogP contribution >= 0.6 is 11.6 Å². The Hall–Kier alpha value is -2.19. The van der Waals surface area contributed by atoms with E-state index in [1.165, 1.54) is 17.3 Å². The molecule has 6 heteroatoms. The van der Waals surface area contributed by atoms with Gasteiger partial charge >= 0.3 is 0 Å². The highest BCUT2D eigenvalue weighted by Gasteiger charge is 2.40. The van der Waals surface area contributed by atoms with Crippen LogP contribution in [0.25, 0.3) is 0 Å². The third-order valence-electron chi connectivity index (χ3n) is 4.29. The summed E-state index contributed by atoms with van der Waals surface area (Å²) in [5, 5.41) is 14.3. The first-order valence-corrected chi connectivity index (χ1v) is 7.98. The molecule has 2 rings (SSSR count). The molecule has 0 fully saturated rings. The number of nitriles is 1. The maximum atomic E-state index is 13.1. The van der Waals surface area contributed by atoms with Crippen molar-refractivity contribution in [2.24, 2.45) is 5.41 Å². The van der Waals surface area contributed by atoms with Crippen molar-refractivity contribution >= 4 is 17.4 Å². The fourth-order valence-corrected chi connectivity index (χ4v) is 2.79. The average Bonchev–Trinajstić information content (AvgIpc) is 3.10. The number of Topliss-reactive ketones (excluding diaryl/α,β-unsaturated/α-hetero) is 1. The van der Waals surface area contributed by atoms with Crippen molar-refractivity contribution in [3.8, 4) is 6.07 Å². The highest BCUT2D eigenvalue weighted by atomic mass is 35.5. The second kappa shape index (κ2) is 7.38. The summed E-state index contributed by atoms with van der Waals surface area (Å²) in [6.07, 6.45) is 4.32. The number of benzene rings is 1. The van der Waals surface area contributed by atoms with Crippen LogP contribution in [0.3, 0.4) is 0 Å². The van der Waals surface area contributed by atoms with Gasteiger partial charge in [0.05, 0.1) is 6.07 Å². The molecule has 0 saturated carbocycles. The van der Waals surface area contributed by atoms with E-state index in [-0.39, 0.29) is 5.78 Å². The molecule has 1 heterocycles. The maximum Gasteiger partial charge on any atom is 0.177 e.